The molecule has 3 N–H and O–H groups in total. The molecule has 2 aromatic heterocycles. The van der Waals surface area contributed by atoms with Gasteiger partial charge in [-0.05, 0) is 73.7 Å². The summed E-state index contributed by atoms with van der Waals surface area (Å²) in [5, 5.41) is 3.12. The van der Waals surface area contributed by atoms with Gasteiger partial charge in [0, 0.05) is 23.0 Å². The minimum Gasteiger partial charge on any atom is -0.340 e. The van der Waals surface area contributed by atoms with E-state index in [0.717, 1.165) is 34.6 Å². The number of benzene rings is 1. The highest BCUT2D eigenvalue weighted by Gasteiger charge is 2.68. The number of halogens is 3. The van der Waals surface area contributed by atoms with E-state index in [0.29, 0.717) is 40.7 Å². The average molecular weight is 750 g/mol. The van der Waals surface area contributed by atoms with Crippen LogP contribution in [0.1, 0.15) is 79.1 Å². The summed E-state index contributed by atoms with van der Waals surface area (Å²) in [5.41, 5.74) is -3.17. The van der Waals surface area contributed by atoms with Crippen LogP contribution in [0.15, 0.2) is 47.4 Å². The normalized spacial score (nSPS) is 23.9. The molecule has 3 saturated heterocycles. The highest BCUT2D eigenvalue weighted by Crippen LogP contribution is 2.53. The van der Waals surface area contributed by atoms with E-state index in [1.165, 1.54) is 29.2 Å². The number of rotatable bonds is 7. The number of carbonyl (C=O) groups excluding carboxylic acids is 5. The summed E-state index contributed by atoms with van der Waals surface area (Å²) in [6, 6.07) is 3.47. The molecule has 7 rings (SSSR count). The minimum atomic E-state index is -5.05. The smallest absolute Gasteiger partial charge is 0.340 e. The number of nitrogens with zero attached hydrogens (tertiary/aromatic N) is 4. The van der Waals surface area contributed by atoms with E-state index in [4.69, 9.17) is 0 Å². The zero-order valence-electron chi connectivity index (χ0n) is 26.6. The second-order valence-corrected chi connectivity index (χ2v) is 15.9. The van der Waals surface area contributed by atoms with Gasteiger partial charge >= 0.3 is 20.2 Å². The fourth-order valence-corrected chi connectivity index (χ4v) is 8.84. The minimum absolute atomic E-state index is 0.124. The maximum atomic E-state index is 14.3. The number of thiophene rings is 1. The molecule has 19 heteroatoms. The molecule has 51 heavy (non-hydrogen) atoms. The Morgan fingerprint density at radius 2 is 1.69 bits per heavy atom. The maximum absolute atomic E-state index is 14.3. The van der Waals surface area contributed by atoms with E-state index >= 15 is 0 Å². The highest BCUT2D eigenvalue weighted by atomic mass is 32.1. The first-order valence-corrected chi connectivity index (χ1v) is 18.7. The van der Waals surface area contributed by atoms with E-state index in [2.05, 4.69) is 5.32 Å². The van der Waals surface area contributed by atoms with Crippen LogP contribution in [-0.2, 0) is 18.9 Å². The fourth-order valence-electron chi connectivity index (χ4n) is 7.34. The predicted octanol–water partition coefficient (Wildman–Crippen LogP) is 4.16. The summed E-state index contributed by atoms with van der Waals surface area (Å²) in [6.07, 6.45) is 3.78. The molecule has 3 aliphatic heterocycles. The molecule has 1 unspecified atom stereocenters. The molecule has 3 aromatic rings. The standard InChI is InChI=1S/C32H31F3N5O9PS/c33-25(50(47,48)49)16-5-8-22-17(13-16)14-23(51-22)26(42)36-20-4-2-1-3-18-6-7-21(38(18)27(20)43)28(44)40-31(46)39(29(45)32(40)10-11-32)19-9-12-37(30(34)35)24(41)15-19/h5,8-9,12-15,18,20-21,25,30H,1-4,6-7,10-11H2,(H,36,42)(H2,47,48,49)/t18-,20-,21-,25?/m0/s1. The number of pyridine rings is 1. The van der Waals surface area contributed by atoms with Crippen LogP contribution in [-0.4, -0.2) is 77.5 Å². The van der Waals surface area contributed by atoms with E-state index < -0.39 is 72.9 Å². The SMILES string of the molecule is O=C(N[C@H]1CCCC[C@H]2CC[C@@H](C(=O)N3C(=O)N(c4ccn(C(F)F)c(=O)c4)C(=O)C34CC4)N2C1=O)c1cc2cc(C(F)P(=O)(O)O)ccc2s1. The summed E-state index contributed by atoms with van der Waals surface area (Å²) in [7, 11) is -5.05. The first-order chi connectivity index (χ1) is 24.1. The molecule has 1 spiro atoms. The Morgan fingerprint density at radius 3 is 2.35 bits per heavy atom. The molecule has 1 aromatic carbocycles. The van der Waals surface area contributed by atoms with E-state index in [-0.39, 0.29) is 52.4 Å². The number of fused-ring (bicyclic) bond motifs is 2. The number of nitrogens with one attached hydrogen (secondary N) is 1. The van der Waals surface area contributed by atoms with Crippen molar-refractivity contribution in [2.24, 2.45) is 0 Å². The average Bonchev–Trinajstić information content (AvgIpc) is 3.47. The van der Waals surface area contributed by atoms with Crippen molar-refractivity contribution in [3.8, 4) is 0 Å². The monoisotopic (exact) mass is 749 g/mol. The largest absolute Gasteiger partial charge is 0.363 e. The van der Waals surface area contributed by atoms with Crippen molar-refractivity contribution in [2.75, 3.05) is 4.90 Å². The fraction of sp³-hybridized carbons (Fsp3) is 0.438. The number of hydrogen-bond donors (Lipinski definition) is 3. The van der Waals surface area contributed by atoms with Gasteiger partial charge in [-0.15, -0.1) is 11.3 Å². The summed E-state index contributed by atoms with van der Waals surface area (Å²) in [6.45, 7) is -3.14. The summed E-state index contributed by atoms with van der Waals surface area (Å²) in [5.74, 6) is -5.24. The van der Waals surface area contributed by atoms with Crippen molar-refractivity contribution < 1.29 is 51.5 Å². The zero-order chi connectivity index (χ0) is 36.6. The highest BCUT2D eigenvalue weighted by molar-refractivity contribution is 7.51. The molecule has 5 heterocycles. The molecule has 0 radical (unpaired) electrons. The van der Waals surface area contributed by atoms with Crippen LogP contribution in [0.2, 0.25) is 0 Å². The van der Waals surface area contributed by atoms with Crippen molar-refractivity contribution in [1.82, 2.24) is 19.7 Å². The van der Waals surface area contributed by atoms with Gasteiger partial charge in [-0.3, -0.25) is 33.1 Å². The number of urea groups is 1. The van der Waals surface area contributed by atoms with Gasteiger partial charge in [0.1, 0.15) is 17.6 Å². The molecule has 0 bridgehead atoms. The van der Waals surface area contributed by atoms with Gasteiger partial charge in [-0.25, -0.2) is 19.0 Å². The van der Waals surface area contributed by atoms with Gasteiger partial charge in [0.25, 0.3) is 23.3 Å². The van der Waals surface area contributed by atoms with Crippen LogP contribution < -0.4 is 15.8 Å². The number of carbonyl (C=O) groups is 5. The van der Waals surface area contributed by atoms with Gasteiger partial charge in [0.2, 0.25) is 11.8 Å². The van der Waals surface area contributed by atoms with Gasteiger partial charge in [0.15, 0.2) is 0 Å². The first-order valence-electron chi connectivity index (χ1n) is 16.2. The number of anilines is 1. The van der Waals surface area contributed by atoms with E-state index in [1.807, 2.05) is 0 Å². The molecule has 4 atom stereocenters. The van der Waals surface area contributed by atoms with Crippen LogP contribution >= 0.6 is 18.9 Å². The van der Waals surface area contributed by atoms with Crippen LogP contribution in [0, 0.1) is 0 Å². The van der Waals surface area contributed by atoms with Gasteiger partial charge in [-0.1, -0.05) is 18.9 Å². The second-order valence-electron chi connectivity index (χ2n) is 13.2. The lowest BCUT2D eigenvalue weighted by Crippen LogP contribution is -2.58. The lowest BCUT2D eigenvalue weighted by molar-refractivity contribution is -0.147. The van der Waals surface area contributed by atoms with Crippen LogP contribution in [0.3, 0.4) is 0 Å². The van der Waals surface area contributed by atoms with Crippen molar-refractivity contribution in [2.45, 2.75) is 87.5 Å². The molecule has 1 saturated carbocycles. The molecule has 4 fully saturated rings. The van der Waals surface area contributed by atoms with Gasteiger partial charge in [0.05, 0.1) is 10.6 Å². The Bertz CT molecular complexity index is 2100. The number of alkyl halides is 3. The van der Waals surface area contributed by atoms with Crippen molar-refractivity contribution in [3.63, 3.8) is 0 Å². The summed E-state index contributed by atoms with van der Waals surface area (Å²) >= 11 is 1.04. The Labute approximate surface area is 290 Å². The van der Waals surface area contributed by atoms with Crippen LogP contribution in [0.5, 0.6) is 0 Å². The number of amides is 6. The van der Waals surface area contributed by atoms with Crippen LogP contribution in [0.25, 0.3) is 10.1 Å². The molecule has 270 valence electrons. The Kier molecular flexibility index (Phi) is 8.72. The zero-order valence-corrected chi connectivity index (χ0v) is 28.3. The van der Waals surface area contributed by atoms with E-state index in [1.54, 1.807) is 0 Å². The Hall–Kier alpha value is -4.38. The van der Waals surface area contributed by atoms with Gasteiger partial charge < -0.3 is 20.0 Å². The topological polar surface area (TPSA) is 187 Å². The molecule has 1 aliphatic carbocycles. The predicted molar refractivity (Wildman–Crippen MR) is 175 cm³/mol. The Balaban J connectivity index is 1.12. The van der Waals surface area contributed by atoms with Crippen molar-refractivity contribution >= 4 is 64.4 Å². The maximum Gasteiger partial charge on any atom is 0.363 e. The molecule has 6 amide bonds. The Morgan fingerprint density at radius 1 is 0.961 bits per heavy atom. The number of imide groups is 2. The molecule has 14 nitrogen and oxygen atoms in total. The summed E-state index contributed by atoms with van der Waals surface area (Å²) in [4.78, 5) is 103. The summed E-state index contributed by atoms with van der Waals surface area (Å²) < 4.78 is 52.7. The van der Waals surface area contributed by atoms with Gasteiger partial charge in [-0.2, -0.15) is 8.78 Å². The molecule has 4 aliphatic rings. The third-order valence-corrected chi connectivity index (χ3v) is 12.0. The number of hydrogen-bond acceptors (Lipinski definition) is 8. The number of aromatic nitrogens is 1. The van der Waals surface area contributed by atoms with Crippen molar-refractivity contribution in [3.05, 3.63) is 63.4 Å². The third kappa shape index (κ3) is 5.97. The van der Waals surface area contributed by atoms with Crippen molar-refractivity contribution in [1.29, 1.82) is 0 Å². The lowest BCUT2D eigenvalue weighted by atomic mass is 9.99. The van der Waals surface area contributed by atoms with Crippen LogP contribution in [0.4, 0.5) is 23.7 Å². The third-order valence-electron chi connectivity index (χ3n) is 10.0. The quantitative estimate of drug-likeness (QED) is 0.236. The molecular weight excluding hydrogens is 718 g/mol. The molecular formula is C32H31F3N5O9PS. The lowest BCUT2D eigenvalue weighted by Gasteiger charge is -2.36. The first kappa shape index (κ1) is 35.0. The second kappa shape index (κ2) is 12.7. The van der Waals surface area contributed by atoms with E-state index in [9.17, 15) is 56.3 Å².